The molecular formula is C11H17BrN2O2S2. The first-order valence-electron chi connectivity index (χ1n) is 5.96. The zero-order chi connectivity index (χ0) is 13.2. The van der Waals surface area contributed by atoms with Gasteiger partial charge in [-0.15, -0.1) is 11.3 Å². The molecule has 4 nitrogen and oxygen atoms in total. The van der Waals surface area contributed by atoms with Crippen LogP contribution in [-0.4, -0.2) is 27.5 Å². The molecule has 18 heavy (non-hydrogen) atoms. The summed E-state index contributed by atoms with van der Waals surface area (Å²) in [5.74, 6) is 0. The molecule has 0 atom stereocenters. The summed E-state index contributed by atoms with van der Waals surface area (Å²) >= 11 is 4.53. The van der Waals surface area contributed by atoms with Crippen LogP contribution in [-0.2, 0) is 10.0 Å². The van der Waals surface area contributed by atoms with Crippen LogP contribution in [0.3, 0.4) is 0 Å². The van der Waals surface area contributed by atoms with Gasteiger partial charge < -0.3 is 5.32 Å². The van der Waals surface area contributed by atoms with Crippen molar-refractivity contribution in [1.82, 2.24) is 10.0 Å². The third-order valence-corrected chi connectivity index (χ3v) is 6.91. The molecule has 0 aliphatic heterocycles. The summed E-state index contributed by atoms with van der Waals surface area (Å²) in [6.45, 7) is 0. The van der Waals surface area contributed by atoms with E-state index in [1.54, 1.807) is 12.1 Å². The van der Waals surface area contributed by atoms with E-state index in [1.165, 1.54) is 11.3 Å². The lowest BCUT2D eigenvalue weighted by Crippen LogP contribution is -2.41. The van der Waals surface area contributed by atoms with Crippen LogP contribution in [0.1, 0.15) is 25.7 Å². The van der Waals surface area contributed by atoms with Crippen molar-refractivity contribution in [1.29, 1.82) is 0 Å². The first-order chi connectivity index (χ1) is 8.51. The fourth-order valence-corrected chi connectivity index (χ4v) is 5.55. The summed E-state index contributed by atoms with van der Waals surface area (Å²) in [7, 11) is -1.39. The van der Waals surface area contributed by atoms with E-state index in [-0.39, 0.29) is 6.04 Å². The van der Waals surface area contributed by atoms with Crippen LogP contribution in [0.15, 0.2) is 20.1 Å². The van der Waals surface area contributed by atoms with Gasteiger partial charge in [-0.05, 0) is 60.8 Å². The average molecular weight is 353 g/mol. The molecule has 0 spiro atoms. The number of thiophene rings is 1. The predicted molar refractivity (Wildman–Crippen MR) is 77.4 cm³/mol. The van der Waals surface area contributed by atoms with Crippen LogP contribution in [0.4, 0.5) is 0 Å². The minimum absolute atomic E-state index is 0.0699. The van der Waals surface area contributed by atoms with E-state index in [2.05, 4.69) is 26.0 Å². The highest BCUT2D eigenvalue weighted by atomic mass is 79.9. The van der Waals surface area contributed by atoms with Gasteiger partial charge in [-0.25, -0.2) is 13.1 Å². The molecule has 1 aliphatic carbocycles. The summed E-state index contributed by atoms with van der Waals surface area (Å²) in [4.78, 5) is 0. The molecule has 1 aromatic rings. The van der Waals surface area contributed by atoms with Crippen LogP contribution in [0, 0.1) is 0 Å². The monoisotopic (exact) mass is 352 g/mol. The zero-order valence-corrected chi connectivity index (χ0v) is 13.4. The molecule has 1 saturated carbocycles. The second-order valence-electron chi connectivity index (χ2n) is 4.52. The van der Waals surface area contributed by atoms with Crippen LogP contribution >= 0.6 is 27.3 Å². The Labute approximate surface area is 120 Å². The highest BCUT2D eigenvalue weighted by Gasteiger charge is 2.25. The summed E-state index contributed by atoms with van der Waals surface area (Å²) < 4.78 is 28.3. The maximum Gasteiger partial charge on any atom is 0.250 e. The van der Waals surface area contributed by atoms with Crippen molar-refractivity contribution < 1.29 is 8.42 Å². The highest BCUT2D eigenvalue weighted by Crippen LogP contribution is 2.27. The number of nitrogens with one attached hydrogen (secondary N) is 2. The SMILES string of the molecule is CNC1CCC(NS(=O)(=O)c2ccc(Br)s2)CC1. The average Bonchev–Trinajstić information content (AvgIpc) is 2.77. The van der Waals surface area contributed by atoms with Crippen molar-refractivity contribution >= 4 is 37.3 Å². The molecule has 0 saturated heterocycles. The number of rotatable bonds is 4. The highest BCUT2D eigenvalue weighted by molar-refractivity contribution is 9.11. The van der Waals surface area contributed by atoms with Gasteiger partial charge in [0.2, 0.25) is 10.0 Å². The van der Waals surface area contributed by atoms with Crippen molar-refractivity contribution in [2.24, 2.45) is 0 Å². The Balaban J connectivity index is 1.97. The summed E-state index contributed by atoms with van der Waals surface area (Å²) in [6, 6.07) is 4.00. The van der Waals surface area contributed by atoms with Gasteiger partial charge in [0.25, 0.3) is 0 Å². The maximum atomic E-state index is 12.1. The molecule has 1 fully saturated rings. The lowest BCUT2D eigenvalue weighted by molar-refractivity contribution is 0.343. The second-order valence-corrected chi connectivity index (χ2v) is 8.92. The molecule has 0 bridgehead atoms. The van der Waals surface area contributed by atoms with Crippen LogP contribution in [0.25, 0.3) is 0 Å². The summed E-state index contributed by atoms with van der Waals surface area (Å²) in [5.41, 5.74) is 0. The Morgan fingerprint density at radius 2 is 1.83 bits per heavy atom. The van der Waals surface area contributed by atoms with E-state index in [4.69, 9.17) is 0 Å². The number of hydrogen-bond donors (Lipinski definition) is 2. The molecule has 1 aromatic heterocycles. The Bertz CT molecular complexity index is 493. The smallest absolute Gasteiger partial charge is 0.250 e. The van der Waals surface area contributed by atoms with Crippen molar-refractivity contribution in [3.05, 3.63) is 15.9 Å². The van der Waals surface area contributed by atoms with Gasteiger partial charge in [-0.3, -0.25) is 0 Å². The van der Waals surface area contributed by atoms with E-state index >= 15 is 0 Å². The summed E-state index contributed by atoms with van der Waals surface area (Å²) in [6.07, 6.45) is 3.85. The minimum atomic E-state index is -3.35. The normalized spacial score (nSPS) is 25.2. The second kappa shape index (κ2) is 6.00. The Hall–Kier alpha value is 0.0500. The van der Waals surface area contributed by atoms with E-state index in [9.17, 15) is 8.42 Å². The fourth-order valence-electron chi connectivity index (χ4n) is 2.22. The third kappa shape index (κ3) is 3.54. The van der Waals surface area contributed by atoms with Crippen molar-refractivity contribution in [2.75, 3.05) is 7.05 Å². The van der Waals surface area contributed by atoms with Gasteiger partial charge in [0.05, 0.1) is 3.79 Å². The molecule has 0 unspecified atom stereocenters. The molecule has 0 radical (unpaired) electrons. The molecule has 1 heterocycles. The molecule has 1 aliphatic rings. The van der Waals surface area contributed by atoms with E-state index in [0.717, 1.165) is 29.5 Å². The lowest BCUT2D eigenvalue weighted by Gasteiger charge is -2.28. The standard InChI is InChI=1S/C11H17BrN2O2S2/c1-13-8-2-4-9(5-3-8)14-18(15,16)11-7-6-10(12)17-11/h6-9,13-14H,2-5H2,1H3. The molecule has 0 amide bonds. The number of hydrogen-bond acceptors (Lipinski definition) is 4. The van der Waals surface area contributed by atoms with E-state index in [0.29, 0.717) is 10.3 Å². The molecule has 102 valence electrons. The minimum Gasteiger partial charge on any atom is -0.317 e. The number of sulfonamides is 1. The Morgan fingerprint density at radius 3 is 2.33 bits per heavy atom. The fraction of sp³-hybridized carbons (Fsp3) is 0.636. The Morgan fingerprint density at radius 1 is 1.22 bits per heavy atom. The van der Waals surface area contributed by atoms with Gasteiger partial charge in [-0.2, -0.15) is 0 Å². The van der Waals surface area contributed by atoms with E-state index in [1.807, 2.05) is 7.05 Å². The third-order valence-electron chi connectivity index (χ3n) is 3.27. The maximum absolute atomic E-state index is 12.1. The molecule has 7 heteroatoms. The lowest BCUT2D eigenvalue weighted by atomic mass is 9.92. The van der Waals surface area contributed by atoms with Crippen molar-refractivity contribution in [3.8, 4) is 0 Å². The molecular weight excluding hydrogens is 336 g/mol. The van der Waals surface area contributed by atoms with Crippen molar-refractivity contribution in [2.45, 2.75) is 42.0 Å². The van der Waals surface area contributed by atoms with Gasteiger partial charge in [0, 0.05) is 12.1 Å². The van der Waals surface area contributed by atoms with Gasteiger partial charge >= 0.3 is 0 Å². The van der Waals surface area contributed by atoms with E-state index < -0.39 is 10.0 Å². The van der Waals surface area contributed by atoms with Crippen LogP contribution in [0.5, 0.6) is 0 Å². The predicted octanol–water partition coefficient (Wildman–Crippen LogP) is 2.32. The topological polar surface area (TPSA) is 58.2 Å². The largest absolute Gasteiger partial charge is 0.317 e. The quantitative estimate of drug-likeness (QED) is 0.874. The molecule has 2 N–H and O–H groups in total. The van der Waals surface area contributed by atoms with Crippen molar-refractivity contribution in [3.63, 3.8) is 0 Å². The molecule has 0 aromatic carbocycles. The van der Waals surface area contributed by atoms with Crippen LogP contribution < -0.4 is 10.0 Å². The van der Waals surface area contributed by atoms with Gasteiger partial charge in [-0.1, -0.05) is 0 Å². The first kappa shape index (κ1) is 14.5. The molecule has 2 rings (SSSR count). The first-order valence-corrected chi connectivity index (χ1v) is 9.05. The van der Waals surface area contributed by atoms with Gasteiger partial charge in [0.15, 0.2) is 0 Å². The number of halogens is 1. The van der Waals surface area contributed by atoms with Crippen LogP contribution in [0.2, 0.25) is 0 Å². The zero-order valence-electron chi connectivity index (χ0n) is 10.1. The summed E-state index contributed by atoms with van der Waals surface area (Å²) in [5, 5.41) is 3.24. The van der Waals surface area contributed by atoms with Gasteiger partial charge in [0.1, 0.15) is 4.21 Å². The Kier molecular flexibility index (Phi) is 4.82.